The van der Waals surface area contributed by atoms with Gasteiger partial charge in [-0.1, -0.05) is 39.0 Å². The molecule has 1 amide bonds. The minimum atomic E-state index is -0.560. The minimum Gasteiger partial charge on any atom is -0.482 e. The molecular weight excluding hydrogens is 382 g/mol. The average Bonchev–Trinajstić information content (AvgIpc) is 2.76. The number of ether oxygens (including phenoxy) is 2. The molecule has 0 spiro atoms. The van der Waals surface area contributed by atoms with Crippen LogP contribution in [0.25, 0.3) is 0 Å². The Morgan fingerprint density at radius 2 is 1.67 bits per heavy atom. The van der Waals surface area contributed by atoms with Crippen LogP contribution in [0.1, 0.15) is 26.3 Å². The number of aromatic nitrogens is 1. The molecule has 0 N–H and O–H groups in total. The van der Waals surface area contributed by atoms with Crippen molar-refractivity contribution >= 4 is 17.7 Å². The van der Waals surface area contributed by atoms with Gasteiger partial charge in [0.15, 0.2) is 13.2 Å². The summed E-state index contributed by atoms with van der Waals surface area (Å²) in [5.74, 6) is 0.745. The molecule has 7 nitrogen and oxygen atoms in total. The van der Waals surface area contributed by atoms with Crippen LogP contribution in [0.15, 0.2) is 48.7 Å². The average molecular weight is 412 g/mol. The molecule has 0 unspecified atom stereocenters. The SMILES string of the molecule is CC(C)(C)c1ccc(OCC(=O)OCC(=O)N2CCN(c3ccccn3)CC2)cc1. The topological polar surface area (TPSA) is 72.0 Å². The number of esters is 1. The molecule has 160 valence electrons. The Morgan fingerprint density at radius 3 is 2.27 bits per heavy atom. The van der Waals surface area contributed by atoms with Gasteiger partial charge in [0.2, 0.25) is 0 Å². The Kier molecular flexibility index (Phi) is 6.92. The number of hydrogen-bond acceptors (Lipinski definition) is 6. The van der Waals surface area contributed by atoms with E-state index < -0.39 is 5.97 Å². The fourth-order valence-electron chi connectivity index (χ4n) is 3.19. The number of benzene rings is 1. The van der Waals surface area contributed by atoms with Crippen LogP contribution in [0.4, 0.5) is 5.82 Å². The van der Waals surface area contributed by atoms with Crippen LogP contribution in [0.3, 0.4) is 0 Å². The smallest absolute Gasteiger partial charge is 0.344 e. The lowest BCUT2D eigenvalue weighted by molar-refractivity contribution is -0.153. The molecule has 1 fully saturated rings. The maximum absolute atomic E-state index is 12.3. The Balaban J connectivity index is 1.37. The predicted molar refractivity (Wildman–Crippen MR) is 115 cm³/mol. The first-order chi connectivity index (χ1) is 14.3. The molecule has 2 heterocycles. The quantitative estimate of drug-likeness (QED) is 0.681. The summed E-state index contributed by atoms with van der Waals surface area (Å²) >= 11 is 0. The van der Waals surface area contributed by atoms with Gasteiger partial charge in [0.25, 0.3) is 5.91 Å². The van der Waals surface area contributed by atoms with Crippen LogP contribution in [-0.2, 0) is 19.7 Å². The maximum atomic E-state index is 12.3. The molecule has 30 heavy (non-hydrogen) atoms. The molecule has 1 aliphatic heterocycles. The first-order valence-corrected chi connectivity index (χ1v) is 10.2. The molecular formula is C23H29N3O4. The minimum absolute atomic E-state index is 0.0565. The molecule has 0 bridgehead atoms. The summed E-state index contributed by atoms with van der Waals surface area (Å²) < 4.78 is 10.6. The first-order valence-electron chi connectivity index (χ1n) is 10.2. The molecule has 3 rings (SSSR count). The van der Waals surface area contributed by atoms with E-state index in [2.05, 4.69) is 30.7 Å². The van der Waals surface area contributed by atoms with Gasteiger partial charge in [-0.2, -0.15) is 0 Å². The van der Waals surface area contributed by atoms with Crippen molar-refractivity contribution in [1.29, 1.82) is 0 Å². The van der Waals surface area contributed by atoms with Crippen LogP contribution in [-0.4, -0.2) is 61.2 Å². The normalized spacial score (nSPS) is 14.4. The second-order valence-electron chi connectivity index (χ2n) is 8.28. The van der Waals surface area contributed by atoms with Gasteiger partial charge in [-0.3, -0.25) is 4.79 Å². The standard InChI is InChI=1S/C23H29N3O4/c1-23(2,3)18-7-9-19(10-8-18)29-17-22(28)30-16-21(27)26-14-12-25(13-15-26)20-6-4-5-11-24-20/h4-11H,12-17H2,1-3H3. The zero-order valence-corrected chi connectivity index (χ0v) is 17.8. The van der Waals surface area contributed by atoms with Gasteiger partial charge in [-0.25, -0.2) is 9.78 Å². The highest BCUT2D eigenvalue weighted by Gasteiger charge is 2.22. The number of nitrogens with zero attached hydrogens (tertiary/aromatic N) is 3. The third-order valence-corrected chi connectivity index (χ3v) is 5.04. The number of rotatable bonds is 6. The van der Waals surface area contributed by atoms with Crippen molar-refractivity contribution < 1.29 is 19.1 Å². The molecule has 0 atom stereocenters. The van der Waals surface area contributed by atoms with Crippen LogP contribution in [0.2, 0.25) is 0 Å². The van der Waals surface area contributed by atoms with Crippen molar-refractivity contribution in [3.8, 4) is 5.75 Å². The van der Waals surface area contributed by atoms with Gasteiger partial charge < -0.3 is 19.3 Å². The van der Waals surface area contributed by atoms with E-state index in [4.69, 9.17) is 9.47 Å². The van der Waals surface area contributed by atoms with Gasteiger partial charge in [-0.05, 0) is 35.2 Å². The molecule has 1 aromatic heterocycles. The van der Waals surface area contributed by atoms with E-state index in [1.54, 1.807) is 11.1 Å². The highest BCUT2D eigenvalue weighted by atomic mass is 16.6. The van der Waals surface area contributed by atoms with Gasteiger partial charge in [0.05, 0.1) is 0 Å². The van der Waals surface area contributed by atoms with E-state index in [9.17, 15) is 9.59 Å². The van der Waals surface area contributed by atoms with E-state index >= 15 is 0 Å². The molecule has 0 aliphatic carbocycles. The fourth-order valence-corrected chi connectivity index (χ4v) is 3.19. The van der Waals surface area contributed by atoms with E-state index in [0.717, 1.165) is 5.82 Å². The third-order valence-electron chi connectivity index (χ3n) is 5.04. The second-order valence-corrected chi connectivity index (χ2v) is 8.28. The van der Waals surface area contributed by atoms with E-state index in [1.165, 1.54) is 5.56 Å². The van der Waals surface area contributed by atoms with Crippen molar-refractivity contribution in [2.24, 2.45) is 0 Å². The summed E-state index contributed by atoms with van der Waals surface area (Å²) in [4.78, 5) is 32.4. The highest BCUT2D eigenvalue weighted by molar-refractivity contribution is 5.81. The number of anilines is 1. The summed E-state index contributed by atoms with van der Waals surface area (Å²) in [7, 11) is 0. The Bertz CT molecular complexity index is 839. The van der Waals surface area contributed by atoms with Gasteiger partial charge in [0, 0.05) is 32.4 Å². The Hall–Kier alpha value is -3.09. The first kappa shape index (κ1) is 21.6. The highest BCUT2D eigenvalue weighted by Crippen LogP contribution is 2.24. The van der Waals surface area contributed by atoms with Crippen LogP contribution < -0.4 is 9.64 Å². The van der Waals surface area contributed by atoms with Gasteiger partial charge >= 0.3 is 5.97 Å². The third kappa shape index (κ3) is 5.95. The van der Waals surface area contributed by atoms with Crippen molar-refractivity contribution in [1.82, 2.24) is 9.88 Å². The Morgan fingerprint density at radius 1 is 0.967 bits per heavy atom. The largest absolute Gasteiger partial charge is 0.482 e. The van der Waals surface area contributed by atoms with E-state index in [1.807, 2.05) is 42.5 Å². The molecule has 2 aromatic rings. The summed E-state index contributed by atoms with van der Waals surface area (Å²) in [6.45, 7) is 8.45. The number of pyridine rings is 1. The molecule has 1 aromatic carbocycles. The van der Waals surface area contributed by atoms with Crippen LogP contribution in [0.5, 0.6) is 5.75 Å². The molecule has 1 aliphatic rings. The number of carbonyl (C=O) groups is 2. The van der Waals surface area contributed by atoms with E-state index in [0.29, 0.717) is 31.9 Å². The number of hydrogen-bond donors (Lipinski definition) is 0. The molecule has 0 radical (unpaired) electrons. The van der Waals surface area contributed by atoms with Crippen molar-refractivity contribution in [3.05, 3.63) is 54.2 Å². The van der Waals surface area contributed by atoms with E-state index in [-0.39, 0.29) is 24.5 Å². The lowest BCUT2D eigenvalue weighted by Gasteiger charge is -2.35. The maximum Gasteiger partial charge on any atom is 0.344 e. The van der Waals surface area contributed by atoms with Crippen molar-refractivity contribution in [2.45, 2.75) is 26.2 Å². The van der Waals surface area contributed by atoms with Crippen LogP contribution in [0, 0.1) is 0 Å². The van der Waals surface area contributed by atoms with Gasteiger partial charge in [0.1, 0.15) is 11.6 Å². The summed E-state index contributed by atoms with van der Waals surface area (Å²) in [5, 5.41) is 0. The molecule has 1 saturated heterocycles. The number of carbonyl (C=O) groups excluding carboxylic acids is 2. The fraction of sp³-hybridized carbons (Fsp3) is 0.435. The lowest BCUT2D eigenvalue weighted by atomic mass is 9.87. The van der Waals surface area contributed by atoms with Crippen molar-refractivity contribution in [3.63, 3.8) is 0 Å². The summed E-state index contributed by atoms with van der Waals surface area (Å²) in [6.07, 6.45) is 1.76. The van der Waals surface area contributed by atoms with Gasteiger partial charge in [-0.15, -0.1) is 0 Å². The second kappa shape index (κ2) is 9.61. The van der Waals surface area contributed by atoms with Crippen LogP contribution >= 0.6 is 0 Å². The summed E-state index contributed by atoms with van der Waals surface area (Å²) in [6, 6.07) is 13.4. The van der Waals surface area contributed by atoms with Crippen molar-refractivity contribution in [2.75, 3.05) is 44.3 Å². The predicted octanol–water partition coefficient (Wildman–Crippen LogP) is 2.65. The number of piperazine rings is 1. The zero-order valence-electron chi connectivity index (χ0n) is 17.8. The Labute approximate surface area is 177 Å². The number of amides is 1. The zero-order chi connectivity index (χ0) is 21.6. The molecule has 7 heteroatoms. The monoisotopic (exact) mass is 411 g/mol. The lowest BCUT2D eigenvalue weighted by Crippen LogP contribution is -2.50. The summed E-state index contributed by atoms with van der Waals surface area (Å²) in [5.41, 5.74) is 1.24. The molecule has 0 saturated carbocycles.